The van der Waals surface area contributed by atoms with Crippen LogP contribution < -0.4 is 0 Å². The van der Waals surface area contributed by atoms with Gasteiger partial charge in [0.25, 0.3) is 0 Å². The molecule has 0 amide bonds. The van der Waals surface area contributed by atoms with E-state index in [1.165, 1.54) is 6.33 Å². The van der Waals surface area contributed by atoms with Gasteiger partial charge in [0.05, 0.1) is 0 Å². The van der Waals surface area contributed by atoms with Crippen LogP contribution >= 0.6 is 0 Å². The van der Waals surface area contributed by atoms with Crippen molar-refractivity contribution >= 4 is 23.7 Å². The van der Waals surface area contributed by atoms with Crippen molar-refractivity contribution in [3.05, 3.63) is 6.33 Å². The van der Waals surface area contributed by atoms with Gasteiger partial charge in [-0.2, -0.15) is 0 Å². The van der Waals surface area contributed by atoms with E-state index in [-0.39, 0.29) is 23.7 Å². The topological polar surface area (TPSA) is 54.5 Å². The second-order valence-corrected chi connectivity index (χ2v) is 0.563. The number of rotatable bonds is 0. The van der Waals surface area contributed by atoms with E-state index in [1.807, 2.05) is 0 Å². The molecule has 1 heterocycles. The number of aromatic nitrogens is 4. The second-order valence-electron chi connectivity index (χ2n) is 0.563. The summed E-state index contributed by atoms with van der Waals surface area (Å²) < 4.78 is 0. The first-order valence-corrected chi connectivity index (χ1v) is 1.17. The Labute approximate surface area is 51.1 Å². The number of tetrazole rings is 1. The van der Waals surface area contributed by atoms with Crippen molar-refractivity contribution in [1.82, 2.24) is 20.6 Å². The molecule has 4 nitrogen and oxygen atoms in total. The molecule has 1 aromatic rings. The number of hydrogen-bond acceptors (Lipinski definition) is 3. The fourth-order valence-electron chi connectivity index (χ4n) is 0.129. The third-order valence-corrected chi connectivity index (χ3v) is 0.270. The van der Waals surface area contributed by atoms with E-state index in [0.29, 0.717) is 0 Å². The van der Waals surface area contributed by atoms with Crippen molar-refractivity contribution in [1.29, 1.82) is 0 Å². The van der Waals surface area contributed by atoms with Crippen LogP contribution in [0.1, 0.15) is 0 Å². The monoisotopic (exact) mass is 202 g/mol. The van der Waals surface area contributed by atoms with Gasteiger partial charge >= 0.3 is 23.7 Å². The largest absolute Gasteiger partial charge is 0.246 e. The summed E-state index contributed by atoms with van der Waals surface area (Å²) in [6, 6.07) is 0. The van der Waals surface area contributed by atoms with Crippen LogP contribution in [-0.2, 0) is 0 Å². The summed E-state index contributed by atoms with van der Waals surface area (Å²) >= 11 is 0. The standard InChI is InChI=1S/CH2N4.H2Te/c1-2-4-5-3-1;/h1H,(H,2,3,4,5);1H2. The molecule has 0 aromatic carbocycles. The Morgan fingerprint density at radius 1 is 1.50 bits per heavy atom. The molecule has 0 saturated heterocycles. The van der Waals surface area contributed by atoms with Gasteiger partial charge in [-0.15, -0.1) is 5.10 Å². The molecule has 0 aliphatic rings. The van der Waals surface area contributed by atoms with E-state index >= 15 is 0 Å². The molecule has 0 fully saturated rings. The first-order chi connectivity index (χ1) is 2.50. The van der Waals surface area contributed by atoms with Crippen LogP contribution in [0.2, 0.25) is 0 Å². The average molecular weight is 200 g/mol. The van der Waals surface area contributed by atoms with E-state index < -0.39 is 0 Å². The van der Waals surface area contributed by atoms with Crippen LogP contribution in [0.15, 0.2) is 6.33 Å². The molecular formula is CH4N4Te. The van der Waals surface area contributed by atoms with Crippen molar-refractivity contribution in [2.45, 2.75) is 0 Å². The van der Waals surface area contributed by atoms with Crippen LogP contribution in [0.4, 0.5) is 0 Å². The SMILES string of the molecule is [TeH2].c1nnn[nH]1. The smallest absolute Gasteiger partial charge is 0.135 e. The summed E-state index contributed by atoms with van der Waals surface area (Å²) in [7, 11) is 0. The Balaban J connectivity index is 0.000000250. The molecule has 0 atom stereocenters. The van der Waals surface area contributed by atoms with Crippen LogP contribution in [0, 0.1) is 0 Å². The third-order valence-electron chi connectivity index (χ3n) is 0.270. The fraction of sp³-hybridized carbons (Fsp3) is 0. The molecule has 34 valence electrons. The Bertz CT molecular complexity index is 64.0. The molecular weight excluding hydrogens is 196 g/mol. The van der Waals surface area contributed by atoms with Crippen LogP contribution in [0.3, 0.4) is 0 Å². The first kappa shape index (κ1) is 5.86. The maximum Gasteiger partial charge on any atom is 0.135 e. The number of nitrogens with one attached hydrogen (secondary N) is 1. The molecule has 0 aliphatic carbocycles. The van der Waals surface area contributed by atoms with Gasteiger partial charge in [-0.3, -0.25) is 0 Å². The van der Waals surface area contributed by atoms with Crippen molar-refractivity contribution < 1.29 is 0 Å². The molecule has 1 rings (SSSR count). The Morgan fingerprint density at radius 3 is 2.50 bits per heavy atom. The van der Waals surface area contributed by atoms with Gasteiger partial charge in [-0.25, -0.2) is 5.10 Å². The number of hydrogen-bond donors (Lipinski definition) is 1. The molecule has 0 saturated carbocycles. The van der Waals surface area contributed by atoms with Crippen molar-refractivity contribution in [3.63, 3.8) is 0 Å². The summed E-state index contributed by atoms with van der Waals surface area (Å²) in [6.45, 7) is 0. The van der Waals surface area contributed by atoms with E-state index in [4.69, 9.17) is 0 Å². The average Bonchev–Trinajstić information content (AvgIpc) is 1.76. The molecule has 1 aromatic heterocycles. The minimum absolute atomic E-state index is 0. The zero-order valence-corrected chi connectivity index (χ0v) is 5.77. The van der Waals surface area contributed by atoms with Gasteiger partial charge in [-0.1, -0.05) is 0 Å². The van der Waals surface area contributed by atoms with E-state index in [2.05, 4.69) is 20.6 Å². The molecule has 0 spiro atoms. The molecule has 0 bridgehead atoms. The molecule has 6 heavy (non-hydrogen) atoms. The summed E-state index contributed by atoms with van der Waals surface area (Å²) in [5.74, 6) is 0. The predicted molar refractivity (Wildman–Crippen MR) is 22.7 cm³/mol. The first-order valence-electron chi connectivity index (χ1n) is 1.17. The maximum atomic E-state index is 3.31. The van der Waals surface area contributed by atoms with Crippen LogP contribution in [0.5, 0.6) is 0 Å². The van der Waals surface area contributed by atoms with E-state index in [9.17, 15) is 0 Å². The van der Waals surface area contributed by atoms with E-state index in [1.54, 1.807) is 0 Å². The van der Waals surface area contributed by atoms with Gasteiger partial charge in [0.15, 0.2) is 0 Å². The molecule has 0 aliphatic heterocycles. The molecule has 1 N–H and O–H groups in total. The van der Waals surface area contributed by atoms with Crippen LogP contribution in [0.25, 0.3) is 0 Å². The Hall–Kier alpha value is -0.140. The minimum atomic E-state index is 0. The van der Waals surface area contributed by atoms with Gasteiger partial charge in [0.2, 0.25) is 0 Å². The fourth-order valence-corrected chi connectivity index (χ4v) is 0.129. The summed E-state index contributed by atoms with van der Waals surface area (Å²) in [6.07, 6.45) is 1.40. The number of H-pyrrole nitrogens is 1. The van der Waals surface area contributed by atoms with Gasteiger partial charge in [0.1, 0.15) is 6.33 Å². The number of nitrogens with zero attached hydrogens (tertiary/aromatic N) is 3. The predicted octanol–water partition coefficient (Wildman–Crippen LogP) is -1.72. The molecule has 0 radical (unpaired) electrons. The molecule has 5 heteroatoms. The number of aromatic amines is 1. The minimum Gasteiger partial charge on any atom is -0.246 e. The third kappa shape index (κ3) is 1.34. The molecule has 0 unspecified atom stereocenters. The second kappa shape index (κ2) is 3.07. The zero-order chi connectivity index (χ0) is 3.54. The van der Waals surface area contributed by atoms with Gasteiger partial charge in [0, 0.05) is 0 Å². The van der Waals surface area contributed by atoms with Crippen molar-refractivity contribution in [3.8, 4) is 0 Å². The van der Waals surface area contributed by atoms with Crippen molar-refractivity contribution in [2.24, 2.45) is 0 Å². The summed E-state index contributed by atoms with van der Waals surface area (Å²) in [4.78, 5) is 0. The van der Waals surface area contributed by atoms with E-state index in [0.717, 1.165) is 0 Å². The Morgan fingerprint density at radius 2 is 2.33 bits per heavy atom. The quantitative estimate of drug-likeness (QED) is 0.506. The normalized spacial score (nSPS) is 6.67. The van der Waals surface area contributed by atoms with Gasteiger partial charge in [-0.05, 0) is 10.4 Å². The maximum absolute atomic E-state index is 3.31. The Kier molecular flexibility index (Phi) is 2.99. The van der Waals surface area contributed by atoms with Crippen molar-refractivity contribution in [2.75, 3.05) is 0 Å². The zero-order valence-electron chi connectivity index (χ0n) is 2.92. The van der Waals surface area contributed by atoms with Gasteiger partial charge < -0.3 is 0 Å². The summed E-state index contributed by atoms with van der Waals surface area (Å²) in [5.41, 5.74) is 0. The summed E-state index contributed by atoms with van der Waals surface area (Å²) in [5, 5.41) is 12.1. The van der Waals surface area contributed by atoms with Crippen LogP contribution in [-0.4, -0.2) is 44.3 Å².